The van der Waals surface area contributed by atoms with Crippen molar-refractivity contribution in [3.63, 3.8) is 0 Å². The predicted molar refractivity (Wildman–Crippen MR) is 101 cm³/mol. The van der Waals surface area contributed by atoms with Crippen LogP contribution in [0.15, 0.2) is 47.5 Å². The van der Waals surface area contributed by atoms with Gasteiger partial charge in [0.25, 0.3) is 5.91 Å². The number of aliphatic hydroxyl groups excluding tert-OH is 1. The van der Waals surface area contributed by atoms with Crippen LogP contribution in [0.5, 0.6) is 11.5 Å². The molecule has 0 saturated carbocycles. The number of hydrogen-bond acceptors (Lipinski definition) is 6. The molecule has 7 heteroatoms. The summed E-state index contributed by atoms with van der Waals surface area (Å²) in [5, 5.41) is 8.96. The summed E-state index contributed by atoms with van der Waals surface area (Å²) in [6.45, 7) is 0.0633. The fourth-order valence-electron chi connectivity index (χ4n) is 3.04. The van der Waals surface area contributed by atoms with Crippen LogP contribution in [0.2, 0.25) is 0 Å². The van der Waals surface area contributed by atoms with Gasteiger partial charge < -0.3 is 14.6 Å². The average Bonchev–Trinajstić information content (AvgIpc) is 2.70. The highest BCUT2D eigenvalue weighted by molar-refractivity contribution is 6.29. The van der Waals surface area contributed by atoms with E-state index >= 15 is 0 Å². The Morgan fingerprint density at radius 2 is 1.93 bits per heavy atom. The minimum atomic E-state index is -0.735. The van der Waals surface area contributed by atoms with E-state index in [9.17, 15) is 9.59 Å². The lowest BCUT2D eigenvalue weighted by Gasteiger charge is -2.31. The number of aliphatic hydroxyl groups is 1. The zero-order valence-electron chi connectivity index (χ0n) is 15.1. The first-order valence-corrected chi connectivity index (χ1v) is 8.42. The highest BCUT2D eigenvalue weighted by Gasteiger charge is 2.40. The summed E-state index contributed by atoms with van der Waals surface area (Å²) >= 11 is 0. The molecule has 1 atom stereocenters. The van der Waals surface area contributed by atoms with E-state index in [0.717, 1.165) is 4.90 Å². The number of methoxy groups -OCH3 is 2. The molecule has 0 bridgehead atoms. The van der Waals surface area contributed by atoms with E-state index in [4.69, 9.17) is 14.6 Å². The van der Waals surface area contributed by atoms with Crippen LogP contribution in [0.1, 0.15) is 21.8 Å². The van der Waals surface area contributed by atoms with Crippen molar-refractivity contribution in [2.24, 2.45) is 4.99 Å². The summed E-state index contributed by atoms with van der Waals surface area (Å²) < 4.78 is 10.6. The molecule has 2 amide bonds. The number of amides is 2. The second-order valence-electron chi connectivity index (χ2n) is 5.86. The Labute approximate surface area is 156 Å². The summed E-state index contributed by atoms with van der Waals surface area (Å²) in [4.78, 5) is 31.5. The average molecular weight is 368 g/mol. The molecule has 0 unspecified atom stereocenters. The van der Waals surface area contributed by atoms with Gasteiger partial charge in [-0.2, -0.15) is 0 Å². The lowest BCUT2D eigenvalue weighted by Crippen LogP contribution is -2.45. The Morgan fingerprint density at radius 3 is 2.63 bits per heavy atom. The topological polar surface area (TPSA) is 88.4 Å². The second kappa shape index (κ2) is 8.01. The molecule has 0 aromatic heterocycles. The first-order chi connectivity index (χ1) is 13.1. The molecule has 0 radical (unpaired) electrons. The summed E-state index contributed by atoms with van der Waals surface area (Å²) in [5.74, 6) is -0.735. The molecule has 1 aliphatic rings. The number of carbonyl (C=O) groups is 2. The maximum absolute atomic E-state index is 13.2. The standard InChI is InChI=1S/C20H20N2O5/c1-26-13-7-8-18(27-2)17(11-13)22-19(24)15-6-4-3-5-14(15)16(20(22)25)12-21-9-10-23/h3-8,11-12,16,23H,9-10H2,1-2H3/t16-/m0/s1. The van der Waals surface area contributed by atoms with Crippen LogP contribution in [0.25, 0.3) is 0 Å². The summed E-state index contributed by atoms with van der Waals surface area (Å²) in [6.07, 6.45) is 1.48. The molecule has 2 aromatic rings. The van der Waals surface area contributed by atoms with Crippen molar-refractivity contribution >= 4 is 23.7 Å². The number of imide groups is 1. The van der Waals surface area contributed by atoms with Gasteiger partial charge in [-0.3, -0.25) is 14.6 Å². The maximum Gasteiger partial charge on any atom is 0.265 e. The minimum Gasteiger partial charge on any atom is -0.497 e. The lowest BCUT2D eigenvalue weighted by atomic mass is 9.88. The van der Waals surface area contributed by atoms with Gasteiger partial charge in [-0.05, 0) is 23.8 Å². The monoisotopic (exact) mass is 368 g/mol. The van der Waals surface area contributed by atoms with E-state index in [1.807, 2.05) is 0 Å². The van der Waals surface area contributed by atoms with Crippen LogP contribution in [0, 0.1) is 0 Å². The molecule has 1 heterocycles. The highest BCUT2D eigenvalue weighted by Crippen LogP contribution is 2.38. The number of nitrogens with zero attached hydrogens (tertiary/aromatic N) is 2. The molecular weight excluding hydrogens is 348 g/mol. The Hall–Kier alpha value is -3.19. The fourth-order valence-corrected chi connectivity index (χ4v) is 3.04. The van der Waals surface area contributed by atoms with Crippen LogP contribution < -0.4 is 14.4 Å². The van der Waals surface area contributed by atoms with Crippen molar-refractivity contribution in [2.45, 2.75) is 5.92 Å². The number of benzene rings is 2. The van der Waals surface area contributed by atoms with Crippen LogP contribution in [0.3, 0.4) is 0 Å². The van der Waals surface area contributed by atoms with Gasteiger partial charge >= 0.3 is 0 Å². The van der Waals surface area contributed by atoms with Gasteiger partial charge in [0, 0.05) is 17.8 Å². The van der Waals surface area contributed by atoms with Crippen molar-refractivity contribution in [3.8, 4) is 11.5 Å². The van der Waals surface area contributed by atoms with Gasteiger partial charge in [0.1, 0.15) is 11.5 Å². The Balaban J connectivity index is 2.15. The Kier molecular flexibility index (Phi) is 5.52. The SMILES string of the molecule is COc1ccc(OC)c(N2C(=O)c3ccccc3[C@H](C=NCCO)C2=O)c1. The van der Waals surface area contributed by atoms with Gasteiger partial charge in [0.15, 0.2) is 0 Å². The first kappa shape index (κ1) is 18.6. The molecule has 7 nitrogen and oxygen atoms in total. The largest absolute Gasteiger partial charge is 0.497 e. The van der Waals surface area contributed by atoms with Crippen LogP contribution >= 0.6 is 0 Å². The van der Waals surface area contributed by atoms with Crippen molar-refractivity contribution in [1.29, 1.82) is 0 Å². The molecule has 0 saturated heterocycles. The predicted octanol–water partition coefficient (Wildman–Crippen LogP) is 2.04. The Morgan fingerprint density at radius 1 is 1.15 bits per heavy atom. The van der Waals surface area contributed by atoms with Gasteiger partial charge in [0.05, 0.1) is 39.0 Å². The van der Waals surface area contributed by atoms with Crippen molar-refractivity contribution in [1.82, 2.24) is 0 Å². The molecule has 0 spiro atoms. The molecule has 0 aliphatic carbocycles. The van der Waals surface area contributed by atoms with Crippen molar-refractivity contribution < 1.29 is 24.2 Å². The second-order valence-corrected chi connectivity index (χ2v) is 5.86. The molecule has 0 fully saturated rings. The molecular formula is C20H20N2O5. The number of hydrogen-bond donors (Lipinski definition) is 1. The molecule has 3 rings (SSSR count). The zero-order chi connectivity index (χ0) is 19.4. The van der Waals surface area contributed by atoms with Crippen LogP contribution in [0.4, 0.5) is 5.69 Å². The van der Waals surface area contributed by atoms with Gasteiger partial charge in [0.2, 0.25) is 5.91 Å². The van der Waals surface area contributed by atoms with E-state index in [2.05, 4.69) is 4.99 Å². The molecule has 1 aliphatic heterocycles. The summed E-state index contributed by atoms with van der Waals surface area (Å²) in [7, 11) is 2.98. The molecule has 27 heavy (non-hydrogen) atoms. The van der Waals surface area contributed by atoms with Gasteiger partial charge in [-0.15, -0.1) is 0 Å². The molecule has 1 N–H and O–H groups in total. The third-order valence-corrected chi connectivity index (χ3v) is 4.33. The lowest BCUT2D eigenvalue weighted by molar-refractivity contribution is -0.118. The normalized spacial score (nSPS) is 16.6. The number of rotatable bonds is 6. The number of carbonyl (C=O) groups excluding carboxylic acids is 2. The van der Waals surface area contributed by atoms with Gasteiger partial charge in [-0.1, -0.05) is 18.2 Å². The number of anilines is 1. The van der Waals surface area contributed by atoms with E-state index in [-0.39, 0.29) is 13.2 Å². The first-order valence-electron chi connectivity index (χ1n) is 8.42. The smallest absolute Gasteiger partial charge is 0.265 e. The Bertz CT molecular complexity index is 894. The van der Waals surface area contributed by atoms with Gasteiger partial charge in [-0.25, -0.2) is 4.90 Å². The van der Waals surface area contributed by atoms with Crippen LogP contribution in [-0.4, -0.2) is 50.5 Å². The number of fused-ring (bicyclic) bond motifs is 1. The van der Waals surface area contributed by atoms with Crippen LogP contribution in [-0.2, 0) is 4.79 Å². The number of ether oxygens (including phenoxy) is 2. The minimum absolute atomic E-state index is 0.120. The molecule has 140 valence electrons. The number of aliphatic imine (C=N–C) groups is 1. The third-order valence-electron chi connectivity index (χ3n) is 4.33. The van der Waals surface area contributed by atoms with E-state index in [1.54, 1.807) is 42.5 Å². The van der Waals surface area contributed by atoms with Crippen molar-refractivity contribution in [3.05, 3.63) is 53.6 Å². The van der Waals surface area contributed by atoms with E-state index in [1.165, 1.54) is 20.4 Å². The molecule has 2 aromatic carbocycles. The maximum atomic E-state index is 13.2. The summed E-state index contributed by atoms with van der Waals surface area (Å²) in [5.41, 5.74) is 1.32. The quantitative estimate of drug-likeness (QED) is 0.623. The summed E-state index contributed by atoms with van der Waals surface area (Å²) in [6, 6.07) is 11.9. The van der Waals surface area contributed by atoms with E-state index < -0.39 is 17.7 Å². The third kappa shape index (κ3) is 3.41. The van der Waals surface area contributed by atoms with E-state index in [0.29, 0.717) is 28.3 Å². The fraction of sp³-hybridized carbons (Fsp3) is 0.250. The zero-order valence-corrected chi connectivity index (χ0v) is 15.1. The highest BCUT2D eigenvalue weighted by atomic mass is 16.5. The van der Waals surface area contributed by atoms with Crippen molar-refractivity contribution in [2.75, 3.05) is 32.3 Å².